The number of thiol groups is 2. The minimum atomic E-state index is -0.262. The van der Waals surface area contributed by atoms with Crippen molar-refractivity contribution >= 4 is 36.1 Å². The molecule has 1 saturated heterocycles. The average Bonchev–Trinajstić information content (AvgIpc) is 3.04. The summed E-state index contributed by atoms with van der Waals surface area (Å²) in [5.41, 5.74) is 1.45. The van der Waals surface area contributed by atoms with Crippen molar-refractivity contribution in [3.63, 3.8) is 0 Å². The van der Waals surface area contributed by atoms with Crippen LogP contribution in [-0.2, 0) is 0 Å². The van der Waals surface area contributed by atoms with Crippen LogP contribution in [0.3, 0.4) is 0 Å². The third-order valence-electron chi connectivity index (χ3n) is 3.71. The highest BCUT2D eigenvalue weighted by molar-refractivity contribution is 7.97. The lowest BCUT2D eigenvalue weighted by molar-refractivity contribution is 0.109. The van der Waals surface area contributed by atoms with E-state index in [4.69, 9.17) is 4.74 Å². The van der Waals surface area contributed by atoms with Crippen molar-refractivity contribution < 1.29 is 9.53 Å². The number of para-hydroxylation sites is 1. The standard InChI is InChI=1S/C17H17NO2S2/c19-17(22)12-10-14(18-8-4-5-9-18)16(15(21)11-12)20-13-6-2-1-3-7-13/h1-3,6-7,10-11,21H,4-5,8-9H2,(H,19,22). The van der Waals surface area contributed by atoms with Crippen LogP contribution in [0.5, 0.6) is 11.5 Å². The van der Waals surface area contributed by atoms with Gasteiger partial charge in [-0.1, -0.05) is 18.2 Å². The summed E-state index contributed by atoms with van der Waals surface area (Å²) in [5.74, 6) is 1.44. The van der Waals surface area contributed by atoms with Crippen LogP contribution in [0.4, 0.5) is 5.69 Å². The van der Waals surface area contributed by atoms with Gasteiger partial charge in [0.05, 0.1) is 5.69 Å². The number of anilines is 1. The third-order valence-corrected chi connectivity index (χ3v) is 4.30. The van der Waals surface area contributed by atoms with Gasteiger partial charge in [-0.2, -0.15) is 0 Å². The lowest BCUT2D eigenvalue weighted by atomic mass is 10.2. The summed E-state index contributed by atoms with van der Waals surface area (Å²) in [6.07, 6.45) is 2.29. The number of carbonyl (C=O) groups is 1. The Labute approximate surface area is 141 Å². The van der Waals surface area contributed by atoms with E-state index in [1.54, 1.807) is 6.07 Å². The third kappa shape index (κ3) is 3.25. The SMILES string of the molecule is O=C(S)c1cc(S)c(Oc2ccccc2)c(N2CCCC2)c1. The van der Waals surface area contributed by atoms with E-state index in [1.807, 2.05) is 36.4 Å². The van der Waals surface area contributed by atoms with Crippen LogP contribution < -0.4 is 9.64 Å². The monoisotopic (exact) mass is 331 g/mol. The van der Waals surface area contributed by atoms with Gasteiger partial charge in [0, 0.05) is 23.5 Å². The number of benzene rings is 2. The molecule has 0 unspecified atom stereocenters. The Morgan fingerprint density at radius 3 is 2.41 bits per heavy atom. The molecular formula is C17H17NO2S2. The number of nitrogens with zero attached hydrogens (tertiary/aromatic N) is 1. The maximum Gasteiger partial charge on any atom is 0.216 e. The van der Waals surface area contributed by atoms with Crippen molar-refractivity contribution in [3.8, 4) is 11.5 Å². The molecule has 114 valence electrons. The average molecular weight is 331 g/mol. The predicted molar refractivity (Wildman–Crippen MR) is 95.0 cm³/mol. The summed E-state index contributed by atoms with van der Waals surface area (Å²) in [6, 6.07) is 13.1. The van der Waals surface area contributed by atoms with Crippen LogP contribution in [0, 0.1) is 0 Å². The van der Waals surface area contributed by atoms with Crippen molar-refractivity contribution in [1.82, 2.24) is 0 Å². The Hall–Kier alpha value is -1.59. The summed E-state index contributed by atoms with van der Waals surface area (Å²) in [7, 11) is 0. The highest BCUT2D eigenvalue weighted by Crippen LogP contribution is 2.40. The molecule has 2 aromatic carbocycles. The Morgan fingerprint density at radius 1 is 1.09 bits per heavy atom. The van der Waals surface area contributed by atoms with Crippen LogP contribution in [0.25, 0.3) is 0 Å². The smallest absolute Gasteiger partial charge is 0.216 e. The van der Waals surface area contributed by atoms with Crippen molar-refractivity contribution in [2.45, 2.75) is 17.7 Å². The fourth-order valence-corrected chi connectivity index (χ4v) is 3.05. The van der Waals surface area contributed by atoms with E-state index in [2.05, 4.69) is 30.2 Å². The summed E-state index contributed by atoms with van der Waals surface area (Å²) < 4.78 is 6.03. The number of ether oxygens (including phenoxy) is 1. The molecule has 0 amide bonds. The van der Waals surface area contributed by atoms with E-state index in [1.165, 1.54) is 0 Å². The molecule has 0 bridgehead atoms. The zero-order valence-corrected chi connectivity index (χ0v) is 13.8. The molecule has 2 aromatic rings. The van der Waals surface area contributed by atoms with Crippen molar-refractivity contribution in [2.24, 2.45) is 0 Å². The van der Waals surface area contributed by atoms with Gasteiger partial charge < -0.3 is 9.64 Å². The lowest BCUT2D eigenvalue weighted by Crippen LogP contribution is -2.19. The zero-order valence-electron chi connectivity index (χ0n) is 12.0. The fraction of sp³-hybridized carbons (Fsp3) is 0.235. The first kappa shape index (κ1) is 15.3. The molecule has 5 heteroatoms. The number of hydrogen-bond donors (Lipinski definition) is 2. The second-order valence-electron chi connectivity index (χ2n) is 5.26. The van der Waals surface area contributed by atoms with E-state index >= 15 is 0 Å². The molecule has 0 atom stereocenters. The molecule has 0 aromatic heterocycles. The molecule has 1 aliphatic rings. The minimum Gasteiger partial charge on any atom is -0.454 e. The largest absolute Gasteiger partial charge is 0.454 e. The van der Waals surface area contributed by atoms with Gasteiger partial charge in [0.2, 0.25) is 5.12 Å². The highest BCUT2D eigenvalue weighted by atomic mass is 32.1. The number of hydrogen-bond acceptors (Lipinski definition) is 4. The quantitative estimate of drug-likeness (QED) is 0.812. The normalized spacial score (nSPS) is 14.2. The maximum atomic E-state index is 11.6. The summed E-state index contributed by atoms with van der Waals surface area (Å²) >= 11 is 8.44. The predicted octanol–water partition coefficient (Wildman–Crippen LogP) is 4.44. The molecule has 0 N–H and O–H groups in total. The Bertz CT molecular complexity index is 683. The van der Waals surface area contributed by atoms with Crippen molar-refractivity contribution in [1.29, 1.82) is 0 Å². The first-order valence-corrected chi connectivity index (χ1v) is 8.13. The highest BCUT2D eigenvalue weighted by Gasteiger charge is 2.21. The van der Waals surface area contributed by atoms with E-state index in [9.17, 15) is 4.79 Å². The molecule has 0 saturated carbocycles. The molecule has 1 heterocycles. The maximum absolute atomic E-state index is 11.6. The van der Waals surface area contributed by atoms with Gasteiger partial charge in [-0.15, -0.1) is 25.3 Å². The van der Waals surface area contributed by atoms with Crippen LogP contribution in [-0.4, -0.2) is 18.2 Å². The summed E-state index contributed by atoms with van der Waals surface area (Å²) in [4.78, 5) is 14.5. The van der Waals surface area contributed by atoms with Gasteiger partial charge in [-0.3, -0.25) is 4.79 Å². The minimum absolute atomic E-state index is 0.262. The van der Waals surface area contributed by atoms with Crippen LogP contribution >= 0.6 is 25.3 Å². The summed E-state index contributed by atoms with van der Waals surface area (Å²) in [5, 5.41) is -0.262. The second kappa shape index (κ2) is 6.67. The van der Waals surface area contributed by atoms with E-state index in [0.717, 1.165) is 37.4 Å². The van der Waals surface area contributed by atoms with E-state index in [0.29, 0.717) is 16.2 Å². The number of carbonyl (C=O) groups excluding carboxylic acids is 1. The fourth-order valence-electron chi connectivity index (χ4n) is 2.63. The molecule has 22 heavy (non-hydrogen) atoms. The molecule has 3 nitrogen and oxygen atoms in total. The molecule has 3 rings (SSSR count). The van der Waals surface area contributed by atoms with Gasteiger partial charge in [0.1, 0.15) is 5.75 Å². The number of rotatable bonds is 4. The van der Waals surface area contributed by atoms with Gasteiger partial charge in [0.25, 0.3) is 0 Å². The van der Waals surface area contributed by atoms with Gasteiger partial charge >= 0.3 is 0 Å². The molecule has 1 aliphatic heterocycles. The van der Waals surface area contributed by atoms with Crippen LogP contribution in [0.1, 0.15) is 23.2 Å². The van der Waals surface area contributed by atoms with E-state index < -0.39 is 0 Å². The van der Waals surface area contributed by atoms with E-state index in [-0.39, 0.29) is 5.12 Å². The second-order valence-corrected chi connectivity index (χ2v) is 6.15. The molecule has 0 radical (unpaired) electrons. The van der Waals surface area contributed by atoms with Crippen LogP contribution in [0.15, 0.2) is 47.4 Å². The van der Waals surface area contributed by atoms with Crippen molar-refractivity contribution in [2.75, 3.05) is 18.0 Å². The van der Waals surface area contributed by atoms with Gasteiger partial charge in [0.15, 0.2) is 5.75 Å². The van der Waals surface area contributed by atoms with Gasteiger partial charge in [-0.25, -0.2) is 0 Å². The van der Waals surface area contributed by atoms with Gasteiger partial charge in [-0.05, 0) is 37.1 Å². The molecule has 1 fully saturated rings. The lowest BCUT2D eigenvalue weighted by Gasteiger charge is -2.23. The van der Waals surface area contributed by atoms with Crippen LogP contribution in [0.2, 0.25) is 0 Å². The molecule has 0 aliphatic carbocycles. The summed E-state index contributed by atoms with van der Waals surface area (Å²) in [6.45, 7) is 1.92. The first-order chi connectivity index (χ1) is 10.6. The molecular weight excluding hydrogens is 314 g/mol. The molecule has 0 spiro atoms. The van der Waals surface area contributed by atoms with Crippen molar-refractivity contribution in [3.05, 3.63) is 48.0 Å². The topological polar surface area (TPSA) is 29.5 Å². The Kier molecular flexibility index (Phi) is 4.64. The Morgan fingerprint density at radius 2 is 1.77 bits per heavy atom. The first-order valence-electron chi connectivity index (χ1n) is 7.23. The Balaban J connectivity index is 2.04. The zero-order chi connectivity index (χ0) is 15.5.